The molecule has 1 fully saturated rings. The van der Waals surface area contributed by atoms with Crippen LogP contribution >= 0.6 is 0 Å². The molecule has 1 saturated carbocycles. The summed E-state index contributed by atoms with van der Waals surface area (Å²) in [6, 6.07) is 18.2. The molecule has 0 bridgehead atoms. The van der Waals surface area contributed by atoms with E-state index in [0.29, 0.717) is 5.92 Å². The summed E-state index contributed by atoms with van der Waals surface area (Å²) in [5.41, 5.74) is 7.33. The smallest absolute Gasteiger partial charge is 0.00730 e. The Morgan fingerprint density at radius 1 is 0.826 bits per heavy atom. The van der Waals surface area contributed by atoms with Crippen LogP contribution in [-0.4, -0.2) is 0 Å². The summed E-state index contributed by atoms with van der Waals surface area (Å²) in [5.74, 6) is 2.19. The van der Waals surface area contributed by atoms with E-state index in [1.165, 1.54) is 47.9 Å². The first-order valence-electron chi connectivity index (χ1n) is 9.13. The Labute approximate surface area is 140 Å². The van der Waals surface area contributed by atoms with Crippen molar-refractivity contribution in [2.45, 2.75) is 51.4 Å². The lowest BCUT2D eigenvalue weighted by atomic mass is 9.79. The molecule has 0 amide bonds. The topological polar surface area (TPSA) is 0 Å². The number of benzene rings is 2. The molecule has 0 N–H and O–H groups in total. The maximum absolute atomic E-state index is 2.47. The zero-order valence-electron chi connectivity index (χ0n) is 14.3. The summed E-state index contributed by atoms with van der Waals surface area (Å²) in [7, 11) is 0. The highest BCUT2D eigenvalue weighted by molar-refractivity contribution is 5.91. The van der Waals surface area contributed by atoms with E-state index in [9.17, 15) is 0 Å². The van der Waals surface area contributed by atoms with Gasteiger partial charge in [-0.15, -0.1) is 0 Å². The van der Waals surface area contributed by atoms with Crippen LogP contribution in [0.4, 0.5) is 0 Å². The van der Waals surface area contributed by atoms with E-state index in [1.54, 1.807) is 5.56 Å². The summed E-state index contributed by atoms with van der Waals surface area (Å²) in [6.07, 6.45) is 7.89. The van der Waals surface area contributed by atoms with Crippen molar-refractivity contribution in [1.82, 2.24) is 0 Å². The Kier molecular flexibility index (Phi) is 3.85. The second-order valence-electron chi connectivity index (χ2n) is 7.53. The zero-order valence-corrected chi connectivity index (χ0v) is 14.3. The predicted octanol–water partition coefficient (Wildman–Crippen LogP) is 6.64. The highest BCUT2D eigenvalue weighted by Gasteiger charge is 2.24. The van der Waals surface area contributed by atoms with Crippen molar-refractivity contribution >= 4 is 11.6 Å². The molecule has 2 aromatic rings. The molecule has 2 aliphatic rings. The molecule has 23 heavy (non-hydrogen) atoms. The van der Waals surface area contributed by atoms with Crippen molar-refractivity contribution in [3.05, 3.63) is 70.8 Å². The number of rotatable bonds is 2. The summed E-state index contributed by atoms with van der Waals surface area (Å²) >= 11 is 0. The highest BCUT2D eigenvalue weighted by atomic mass is 14.3. The fraction of sp³-hybridized carbons (Fsp3) is 0.391. The van der Waals surface area contributed by atoms with Crippen LogP contribution in [0, 0.1) is 5.92 Å². The van der Waals surface area contributed by atoms with Gasteiger partial charge in [0.15, 0.2) is 0 Å². The maximum atomic E-state index is 2.47. The van der Waals surface area contributed by atoms with Gasteiger partial charge in [0.2, 0.25) is 0 Å². The molecule has 0 heteroatoms. The number of hydrogen-bond donors (Lipinski definition) is 0. The molecule has 0 spiro atoms. The summed E-state index contributed by atoms with van der Waals surface area (Å²) < 4.78 is 0. The minimum atomic E-state index is 0.507. The van der Waals surface area contributed by atoms with Crippen LogP contribution in [0.5, 0.6) is 0 Å². The lowest BCUT2D eigenvalue weighted by Gasteiger charge is -2.27. The standard InChI is InChI=1S/C23H26/c1-16-10-12-18(13-11-16)19-7-5-8-20(14-19)23-15-21-6-3-4-9-22(21)17(23)2/h3-9,14-18H,10-13H2,1-2H3/t16?,17-,18?/m0/s1. The fourth-order valence-corrected chi connectivity index (χ4v) is 4.40. The van der Waals surface area contributed by atoms with Crippen LogP contribution in [0.15, 0.2) is 48.5 Å². The number of hydrogen-bond acceptors (Lipinski definition) is 0. The molecular formula is C23H26. The molecule has 2 aliphatic carbocycles. The van der Waals surface area contributed by atoms with Crippen LogP contribution in [-0.2, 0) is 0 Å². The summed E-state index contributed by atoms with van der Waals surface area (Å²) in [4.78, 5) is 0. The van der Waals surface area contributed by atoms with Gasteiger partial charge >= 0.3 is 0 Å². The molecule has 0 heterocycles. The zero-order chi connectivity index (χ0) is 15.8. The Hall–Kier alpha value is -1.82. The lowest BCUT2D eigenvalue weighted by Crippen LogP contribution is -2.11. The minimum absolute atomic E-state index is 0.507. The minimum Gasteiger partial charge on any atom is -0.0625 e. The molecule has 0 aliphatic heterocycles. The summed E-state index contributed by atoms with van der Waals surface area (Å²) in [5, 5.41) is 0. The Balaban J connectivity index is 1.63. The van der Waals surface area contributed by atoms with Gasteiger partial charge in [-0.05, 0) is 52.5 Å². The SMILES string of the molecule is CC1CCC(c2cccc(C3=Cc4ccccc4[C@@H]3C)c2)CC1. The van der Waals surface area contributed by atoms with E-state index in [-0.39, 0.29) is 0 Å². The first kappa shape index (κ1) is 14.8. The average Bonchev–Trinajstić information content (AvgIpc) is 2.93. The molecule has 2 aromatic carbocycles. The van der Waals surface area contributed by atoms with Gasteiger partial charge in [-0.1, -0.05) is 81.3 Å². The van der Waals surface area contributed by atoms with E-state index in [0.717, 1.165) is 11.8 Å². The second kappa shape index (κ2) is 6.00. The van der Waals surface area contributed by atoms with Crippen LogP contribution in [0.25, 0.3) is 11.6 Å². The third-order valence-electron chi connectivity index (χ3n) is 5.95. The van der Waals surface area contributed by atoms with Gasteiger partial charge in [-0.2, -0.15) is 0 Å². The Morgan fingerprint density at radius 2 is 1.61 bits per heavy atom. The third kappa shape index (κ3) is 2.76. The van der Waals surface area contributed by atoms with Gasteiger partial charge in [0.1, 0.15) is 0 Å². The van der Waals surface area contributed by atoms with Crippen molar-refractivity contribution in [3.8, 4) is 0 Å². The molecule has 0 aromatic heterocycles. The largest absolute Gasteiger partial charge is 0.0625 e. The van der Waals surface area contributed by atoms with Crippen LogP contribution < -0.4 is 0 Å². The van der Waals surface area contributed by atoms with Crippen molar-refractivity contribution in [1.29, 1.82) is 0 Å². The molecule has 0 saturated heterocycles. The van der Waals surface area contributed by atoms with Gasteiger partial charge in [-0.3, -0.25) is 0 Å². The van der Waals surface area contributed by atoms with Crippen LogP contribution in [0.2, 0.25) is 0 Å². The average molecular weight is 302 g/mol. The van der Waals surface area contributed by atoms with Crippen molar-refractivity contribution in [3.63, 3.8) is 0 Å². The predicted molar refractivity (Wildman–Crippen MR) is 99.5 cm³/mol. The van der Waals surface area contributed by atoms with E-state index >= 15 is 0 Å². The van der Waals surface area contributed by atoms with Crippen LogP contribution in [0.1, 0.15) is 73.6 Å². The van der Waals surface area contributed by atoms with E-state index in [4.69, 9.17) is 0 Å². The fourth-order valence-electron chi connectivity index (χ4n) is 4.40. The third-order valence-corrected chi connectivity index (χ3v) is 5.95. The lowest BCUT2D eigenvalue weighted by molar-refractivity contribution is 0.348. The molecular weight excluding hydrogens is 276 g/mol. The van der Waals surface area contributed by atoms with Gasteiger partial charge in [-0.25, -0.2) is 0 Å². The number of allylic oxidation sites excluding steroid dienone is 1. The van der Waals surface area contributed by atoms with E-state index in [2.05, 4.69) is 68.5 Å². The van der Waals surface area contributed by atoms with Gasteiger partial charge in [0.05, 0.1) is 0 Å². The Morgan fingerprint density at radius 3 is 2.39 bits per heavy atom. The normalized spacial score (nSPS) is 26.7. The van der Waals surface area contributed by atoms with Gasteiger partial charge in [0.25, 0.3) is 0 Å². The molecule has 4 rings (SSSR count). The number of fused-ring (bicyclic) bond motifs is 1. The maximum Gasteiger partial charge on any atom is 0.00730 e. The highest BCUT2D eigenvalue weighted by Crippen LogP contribution is 2.43. The molecule has 1 atom stereocenters. The van der Waals surface area contributed by atoms with Crippen molar-refractivity contribution < 1.29 is 0 Å². The van der Waals surface area contributed by atoms with E-state index in [1.807, 2.05) is 0 Å². The second-order valence-corrected chi connectivity index (χ2v) is 7.53. The monoisotopic (exact) mass is 302 g/mol. The van der Waals surface area contributed by atoms with Gasteiger partial charge in [0, 0.05) is 5.92 Å². The Bertz CT molecular complexity index is 729. The van der Waals surface area contributed by atoms with Gasteiger partial charge < -0.3 is 0 Å². The van der Waals surface area contributed by atoms with Crippen molar-refractivity contribution in [2.75, 3.05) is 0 Å². The van der Waals surface area contributed by atoms with Crippen molar-refractivity contribution in [2.24, 2.45) is 5.92 Å². The quantitative estimate of drug-likeness (QED) is 0.583. The molecule has 0 nitrogen and oxygen atoms in total. The first-order valence-corrected chi connectivity index (χ1v) is 9.13. The first-order chi connectivity index (χ1) is 11.2. The van der Waals surface area contributed by atoms with Crippen LogP contribution in [0.3, 0.4) is 0 Å². The molecule has 0 unspecified atom stereocenters. The molecule has 0 radical (unpaired) electrons. The summed E-state index contributed by atoms with van der Waals surface area (Å²) in [6.45, 7) is 4.74. The molecule has 118 valence electrons. The van der Waals surface area contributed by atoms with E-state index < -0.39 is 0 Å².